The molecule has 0 spiro atoms. The number of hydrogen-bond donors (Lipinski definition) is 2. The molecule has 1 aromatic rings. The average Bonchev–Trinajstić information content (AvgIpc) is 2.27. The highest BCUT2D eigenvalue weighted by Crippen LogP contribution is 2.50. The van der Waals surface area contributed by atoms with Gasteiger partial charge in [0.2, 0.25) is 0 Å². The number of hydrogen-bond acceptors (Lipinski definition) is 3. The summed E-state index contributed by atoms with van der Waals surface area (Å²) in [5.41, 5.74) is 7.87. The van der Waals surface area contributed by atoms with Gasteiger partial charge in [0.25, 0.3) is 0 Å². The number of methoxy groups -OCH3 is 1. The molecule has 0 amide bonds. The van der Waals surface area contributed by atoms with Crippen LogP contribution in [0.1, 0.15) is 30.4 Å². The highest BCUT2D eigenvalue weighted by atomic mass is 35.5. The lowest BCUT2D eigenvalue weighted by atomic mass is 9.63. The number of halogens is 1. The van der Waals surface area contributed by atoms with Gasteiger partial charge in [0.1, 0.15) is 0 Å². The van der Waals surface area contributed by atoms with Crippen LogP contribution in [0.25, 0.3) is 0 Å². The third kappa shape index (κ3) is 1.78. The Bertz CT molecular complexity index is 436. The summed E-state index contributed by atoms with van der Waals surface area (Å²) < 4.78 is 5.09. The molecule has 0 atom stereocenters. The van der Waals surface area contributed by atoms with Gasteiger partial charge in [0, 0.05) is 12.0 Å². The zero-order valence-electron chi connectivity index (χ0n) is 10.2. The van der Waals surface area contributed by atoms with Crippen molar-refractivity contribution in [3.8, 4) is 11.5 Å². The lowest BCUT2D eigenvalue weighted by Gasteiger charge is -2.43. The van der Waals surface area contributed by atoms with Gasteiger partial charge in [-0.2, -0.15) is 0 Å². The molecule has 0 radical (unpaired) electrons. The van der Waals surface area contributed by atoms with Crippen molar-refractivity contribution in [3.05, 3.63) is 22.2 Å². The van der Waals surface area contributed by atoms with E-state index < -0.39 is 0 Å². The minimum Gasteiger partial charge on any atom is -0.503 e. The third-order valence-electron chi connectivity index (χ3n) is 3.85. The van der Waals surface area contributed by atoms with E-state index in [-0.39, 0.29) is 11.2 Å². The smallest absolute Gasteiger partial charge is 0.177 e. The third-order valence-corrected chi connectivity index (χ3v) is 4.22. The van der Waals surface area contributed by atoms with Crippen LogP contribution in [0.15, 0.2) is 6.07 Å². The van der Waals surface area contributed by atoms with E-state index in [9.17, 15) is 5.11 Å². The molecule has 0 aromatic heterocycles. The monoisotopic (exact) mass is 255 g/mol. The Hall–Kier alpha value is -0.930. The summed E-state index contributed by atoms with van der Waals surface area (Å²) in [5.74, 6) is 0.442. The van der Waals surface area contributed by atoms with Crippen molar-refractivity contribution in [2.45, 2.75) is 31.6 Å². The molecular formula is C13H18ClNO2. The first-order valence-electron chi connectivity index (χ1n) is 5.82. The van der Waals surface area contributed by atoms with Crippen molar-refractivity contribution in [3.63, 3.8) is 0 Å². The average molecular weight is 256 g/mol. The minimum absolute atomic E-state index is 0.0227. The SMILES string of the molecule is COc1cc(C)c(C2(CN)CCC2)c(Cl)c1O. The van der Waals surface area contributed by atoms with E-state index in [2.05, 4.69) is 0 Å². The van der Waals surface area contributed by atoms with Crippen molar-refractivity contribution < 1.29 is 9.84 Å². The Morgan fingerprint density at radius 2 is 2.18 bits per heavy atom. The molecule has 0 heterocycles. The van der Waals surface area contributed by atoms with Crippen LogP contribution >= 0.6 is 11.6 Å². The van der Waals surface area contributed by atoms with Crippen LogP contribution in [0.4, 0.5) is 0 Å². The summed E-state index contributed by atoms with van der Waals surface area (Å²) in [6.07, 6.45) is 3.24. The number of phenols is 1. The Labute approximate surface area is 107 Å². The van der Waals surface area contributed by atoms with Crippen LogP contribution in [-0.4, -0.2) is 18.8 Å². The molecule has 1 aliphatic rings. The molecule has 1 saturated carbocycles. The standard InChI is InChI=1S/C13H18ClNO2/c1-8-6-9(17-2)12(16)11(14)10(8)13(7-15)4-3-5-13/h6,16H,3-5,7,15H2,1-2H3. The van der Waals surface area contributed by atoms with E-state index in [1.165, 1.54) is 13.5 Å². The van der Waals surface area contributed by atoms with Crippen molar-refractivity contribution in [2.24, 2.45) is 5.73 Å². The van der Waals surface area contributed by atoms with Crippen LogP contribution < -0.4 is 10.5 Å². The molecule has 4 heteroatoms. The zero-order chi connectivity index (χ0) is 12.6. The van der Waals surface area contributed by atoms with Crippen LogP contribution in [0, 0.1) is 6.92 Å². The maximum atomic E-state index is 9.98. The van der Waals surface area contributed by atoms with Crippen molar-refractivity contribution in [1.29, 1.82) is 0 Å². The fourth-order valence-electron chi connectivity index (χ4n) is 2.70. The first-order valence-corrected chi connectivity index (χ1v) is 6.20. The molecule has 2 rings (SSSR count). The lowest BCUT2D eigenvalue weighted by Crippen LogP contribution is -2.42. The first-order chi connectivity index (χ1) is 8.05. The van der Waals surface area contributed by atoms with E-state index in [1.807, 2.05) is 13.0 Å². The zero-order valence-corrected chi connectivity index (χ0v) is 11.0. The Morgan fingerprint density at radius 1 is 1.53 bits per heavy atom. The fourth-order valence-corrected chi connectivity index (χ4v) is 3.15. The Balaban J connectivity index is 2.58. The minimum atomic E-state index is -0.0507. The van der Waals surface area contributed by atoms with Crippen LogP contribution in [0.3, 0.4) is 0 Å². The van der Waals surface area contributed by atoms with E-state index in [1.54, 1.807) is 0 Å². The molecule has 0 saturated heterocycles. The van der Waals surface area contributed by atoms with E-state index in [0.29, 0.717) is 17.3 Å². The fraction of sp³-hybridized carbons (Fsp3) is 0.538. The highest BCUT2D eigenvalue weighted by Gasteiger charge is 2.41. The number of nitrogens with two attached hydrogens (primary N) is 1. The second-order valence-corrected chi connectivity index (χ2v) is 5.15. The summed E-state index contributed by atoms with van der Waals surface area (Å²) in [6.45, 7) is 2.55. The van der Waals surface area contributed by atoms with Crippen molar-refractivity contribution in [1.82, 2.24) is 0 Å². The van der Waals surface area contributed by atoms with Crippen molar-refractivity contribution in [2.75, 3.05) is 13.7 Å². The summed E-state index contributed by atoms with van der Waals surface area (Å²) in [4.78, 5) is 0. The molecule has 3 nitrogen and oxygen atoms in total. The van der Waals surface area contributed by atoms with Gasteiger partial charge in [0.05, 0.1) is 12.1 Å². The molecule has 0 bridgehead atoms. The van der Waals surface area contributed by atoms with E-state index in [0.717, 1.165) is 24.0 Å². The summed E-state index contributed by atoms with van der Waals surface area (Å²) in [6, 6.07) is 1.83. The quantitative estimate of drug-likeness (QED) is 0.873. The molecule has 1 aliphatic carbocycles. The molecule has 1 aromatic carbocycles. The number of ether oxygens (including phenoxy) is 1. The molecule has 0 aliphatic heterocycles. The van der Waals surface area contributed by atoms with Gasteiger partial charge in [-0.1, -0.05) is 18.0 Å². The van der Waals surface area contributed by atoms with E-state index >= 15 is 0 Å². The number of phenolic OH excluding ortho intramolecular Hbond substituents is 1. The summed E-state index contributed by atoms with van der Waals surface area (Å²) in [7, 11) is 1.52. The number of benzene rings is 1. The number of rotatable bonds is 3. The van der Waals surface area contributed by atoms with Crippen LogP contribution in [0.2, 0.25) is 5.02 Å². The molecule has 94 valence electrons. The molecule has 17 heavy (non-hydrogen) atoms. The summed E-state index contributed by atoms with van der Waals surface area (Å²) >= 11 is 6.27. The van der Waals surface area contributed by atoms with E-state index in [4.69, 9.17) is 22.1 Å². The van der Waals surface area contributed by atoms with Gasteiger partial charge in [-0.25, -0.2) is 0 Å². The highest BCUT2D eigenvalue weighted by molar-refractivity contribution is 6.33. The molecule has 1 fully saturated rings. The predicted molar refractivity (Wildman–Crippen MR) is 69.0 cm³/mol. The summed E-state index contributed by atoms with van der Waals surface area (Å²) in [5, 5.41) is 10.4. The van der Waals surface area contributed by atoms with Crippen molar-refractivity contribution >= 4 is 11.6 Å². The number of aryl methyl sites for hydroxylation is 1. The van der Waals surface area contributed by atoms with Gasteiger partial charge in [0.15, 0.2) is 11.5 Å². The van der Waals surface area contributed by atoms with Gasteiger partial charge in [-0.3, -0.25) is 0 Å². The van der Waals surface area contributed by atoms with Crippen LogP contribution in [-0.2, 0) is 5.41 Å². The maximum absolute atomic E-state index is 9.98. The van der Waals surface area contributed by atoms with Gasteiger partial charge in [-0.05, 0) is 37.0 Å². The Kier molecular flexibility index (Phi) is 3.23. The molecule has 3 N–H and O–H groups in total. The first kappa shape index (κ1) is 12.5. The maximum Gasteiger partial charge on any atom is 0.177 e. The molecular weight excluding hydrogens is 238 g/mol. The van der Waals surface area contributed by atoms with Gasteiger partial charge < -0.3 is 15.6 Å². The second kappa shape index (κ2) is 4.39. The van der Waals surface area contributed by atoms with Crippen LogP contribution in [0.5, 0.6) is 11.5 Å². The topological polar surface area (TPSA) is 55.5 Å². The normalized spacial score (nSPS) is 17.6. The van der Waals surface area contributed by atoms with Gasteiger partial charge in [-0.15, -0.1) is 0 Å². The second-order valence-electron chi connectivity index (χ2n) is 4.77. The Morgan fingerprint density at radius 3 is 2.59 bits per heavy atom. The molecule has 0 unspecified atom stereocenters. The largest absolute Gasteiger partial charge is 0.503 e. The van der Waals surface area contributed by atoms with Gasteiger partial charge >= 0.3 is 0 Å². The lowest BCUT2D eigenvalue weighted by molar-refractivity contribution is 0.250. The predicted octanol–water partition coefficient (Wildman–Crippen LogP) is 2.74. The number of aromatic hydroxyl groups is 1.